The van der Waals surface area contributed by atoms with Crippen molar-refractivity contribution in [2.75, 3.05) is 0 Å². The lowest BCUT2D eigenvalue weighted by molar-refractivity contribution is 0.0860. The Hall–Kier alpha value is -1.76. The van der Waals surface area contributed by atoms with Crippen LogP contribution in [0.15, 0.2) is 36.7 Å². The lowest BCUT2D eigenvalue weighted by atomic mass is 9.87. The van der Waals surface area contributed by atoms with Gasteiger partial charge in [0.05, 0.1) is 17.5 Å². The SMILES string of the molecule is CC(C)(C)C(=O)c1c[nH]c2ncc(-c3ccc(I)cc3)nc12. The third-order valence-corrected chi connectivity index (χ3v) is 4.17. The Morgan fingerprint density at radius 2 is 1.86 bits per heavy atom. The number of carbonyl (C=O) groups is 1. The molecule has 4 nitrogen and oxygen atoms in total. The number of H-pyrrole nitrogens is 1. The number of aromatic nitrogens is 3. The highest BCUT2D eigenvalue weighted by Gasteiger charge is 2.26. The van der Waals surface area contributed by atoms with Gasteiger partial charge < -0.3 is 4.98 Å². The number of carbonyl (C=O) groups excluding carboxylic acids is 1. The molecule has 1 N–H and O–H groups in total. The van der Waals surface area contributed by atoms with Crippen molar-refractivity contribution in [3.63, 3.8) is 0 Å². The highest BCUT2D eigenvalue weighted by molar-refractivity contribution is 14.1. The van der Waals surface area contributed by atoms with E-state index < -0.39 is 5.41 Å². The van der Waals surface area contributed by atoms with Crippen molar-refractivity contribution >= 4 is 39.5 Å². The Morgan fingerprint density at radius 3 is 2.50 bits per heavy atom. The molecule has 0 saturated carbocycles. The van der Waals surface area contributed by atoms with Gasteiger partial charge in [-0.1, -0.05) is 32.9 Å². The van der Waals surface area contributed by atoms with E-state index in [2.05, 4.69) is 37.5 Å². The van der Waals surface area contributed by atoms with Crippen molar-refractivity contribution in [1.29, 1.82) is 0 Å². The Bertz CT molecular complexity index is 844. The minimum atomic E-state index is -0.449. The van der Waals surface area contributed by atoms with Crippen molar-refractivity contribution in [1.82, 2.24) is 15.0 Å². The molecule has 0 unspecified atom stereocenters. The summed E-state index contributed by atoms with van der Waals surface area (Å²) in [6.45, 7) is 5.72. The monoisotopic (exact) mass is 405 g/mol. The summed E-state index contributed by atoms with van der Waals surface area (Å²) in [5.74, 6) is 0.0628. The molecule has 3 rings (SSSR count). The fourth-order valence-corrected chi connectivity index (χ4v) is 2.59. The molecule has 1 aromatic carbocycles. The van der Waals surface area contributed by atoms with Crippen LogP contribution in [0.25, 0.3) is 22.4 Å². The summed E-state index contributed by atoms with van der Waals surface area (Å²) < 4.78 is 1.17. The maximum atomic E-state index is 12.5. The lowest BCUT2D eigenvalue weighted by Crippen LogP contribution is -2.20. The van der Waals surface area contributed by atoms with Crippen molar-refractivity contribution < 1.29 is 4.79 Å². The molecule has 0 bridgehead atoms. The zero-order valence-corrected chi connectivity index (χ0v) is 14.8. The molecule has 0 spiro atoms. The Balaban J connectivity index is 2.13. The van der Waals surface area contributed by atoms with Crippen LogP contribution in [0.1, 0.15) is 31.1 Å². The number of hydrogen-bond acceptors (Lipinski definition) is 3. The largest absolute Gasteiger partial charge is 0.344 e. The first-order chi connectivity index (χ1) is 10.4. The second-order valence-electron chi connectivity index (χ2n) is 6.24. The second kappa shape index (κ2) is 5.46. The van der Waals surface area contributed by atoms with Crippen molar-refractivity contribution in [3.05, 3.63) is 45.8 Å². The van der Waals surface area contributed by atoms with Crippen LogP contribution in [0.3, 0.4) is 0 Å². The minimum absolute atomic E-state index is 0.0628. The van der Waals surface area contributed by atoms with Crippen LogP contribution < -0.4 is 0 Å². The van der Waals surface area contributed by atoms with Gasteiger partial charge in [0.25, 0.3) is 0 Å². The van der Waals surface area contributed by atoms with Crippen LogP contribution in [0.5, 0.6) is 0 Å². The third-order valence-electron chi connectivity index (χ3n) is 3.45. The smallest absolute Gasteiger partial charge is 0.171 e. The van der Waals surface area contributed by atoms with Gasteiger partial charge >= 0.3 is 0 Å². The molecule has 112 valence electrons. The van der Waals surface area contributed by atoms with Gasteiger partial charge in [0.1, 0.15) is 5.52 Å². The number of nitrogens with zero attached hydrogens (tertiary/aromatic N) is 2. The summed E-state index contributed by atoms with van der Waals surface area (Å²) >= 11 is 2.27. The Labute approximate surface area is 142 Å². The summed E-state index contributed by atoms with van der Waals surface area (Å²) in [6.07, 6.45) is 3.43. The quantitative estimate of drug-likeness (QED) is 0.506. The normalized spacial score (nSPS) is 11.8. The van der Waals surface area contributed by atoms with Crippen LogP contribution in [0.4, 0.5) is 0 Å². The van der Waals surface area contributed by atoms with E-state index in [0.29, 0.717) is 16.7 Å². The summed E-state index contributed by atoms with van der Waals surface area (Å²) in [5.41, 5.74) is 3.19. The highest BCUT2D eigenvalue weighted by atomic mass is 127. The lowest BCUT2D eigenvalue weighted by Gasteiger charge is -2.15. The number of fused-ring (bicyclic) bond motifs is 1. The van der Waals surface area contributed by atoms with Crippen LogP contribution in [-0.4, -0.2) is 20.7 Å². The van der Waals surface area contributed by atoms with Gasteiger partial charge in [0.2, 0.25) is 0 Å². The number of aromatic amines is 1. The average molecular weight is 405 g/mol. The van der Waals surface area contributed by atoms with E-state index in [0.717, 1.165) is 11.3 Å². The first kappa shape index (κ1) is 15.1. The van der Waals surface area contributed by atoms with Crippen molar-refractivity contribution in [2.24, 2.45) is 5.41 Å². The molecular weight excluding hydrogens is 389 g/mol. The molecule has 0 saturated heterocycles. The van der Waals surface area contributed by atoms with Gasteiger partial charge in [0.15, 0.2) is 11.4 Å². The molecule has 0 atom stereocenters. The molecule has 2 aromatic heterocycles. The van der Waals surface area contributed by atoms with Gasteiger partial charge in [-0.05, 0) is 34.7 Å². The van der Waals surface area contributed by atoms with E-state index in [9.17, 15) is 4.79 Å². The Morgan fingerprint density at radius 1 is 1.18 bits per heavy atom. The van der Waals surface area contributed by atoms with Crippen molar-refractivity contribution in [2.45, 2.75) is 20.8 Å². The molecule has 0 amide bonds. The van der Waals surface area contributed by atoms with Gasteiger partial charge in [-0.2, -0.15) is 0 Å². The molecule has 0 fully saturated rings. The molecule has 3 aromatic rings. The number of benzene rings is 1. The van der Waals surface area contributed by atoms with Gasteiger partial charge in [-0.25, -0.2) is 9.97 Å². The predicted octanol–water partition coefficient (Wildman–Crippen LogP) is 4.46. The molecule has 0 aliphatic rings. The van der Waals surface area contributed by atoms with E-state index in [1.807, 2.05) is 45.0 Å². The van der Waals surface area contributed by atoms with E-state index in [1.54, 1.807) is 12.4 Å². The van der Waals surface area contributed by atoms with E-state index >= 15 is 0 Å². The maximum Gasteiger partial charge on any atom is 0.171 e. The topological polar surface area (TPSA) is 58.6 Å². The zero-order valence-electron chi connectivity index (χ0n) is 12.6. The molecule has 0 aliphatic carbocycles. The molecular formula is C17H16IN3O. The van der Waals surface area contributed by atoms with Crippen LogP contribution in [0, 0.1) is 8.99 Å². The third kappa shape index (κ3) is 2.77. The number of Topliss-reactive ketones (excluding diaryl/α,β-unsaturated/α-hetero) is 1. The fraction of sp³-hybridized carbons (Fsp3) is 0.235. The molecule has 22 heavy (non-hydrogen) atoms. The van der Waals surface area contributed by atoms with Crippen LogP contribution in [0.2, 0.25) is 0 Å². The number of halogens is 1. The van der Waals surface area contributed by atoms with Gasteiger partial charge in [-0.15, -0.1) is 0 Å². The number of rotatable bonds is 2. The summed E-state index contributed by atoms with van der Waals surface area (Å²) in [6, 6.07) is 8.07. The maximum absolute atomic E-state index is 12.5. The van der Waals surface area contributed by atoms with E-state index in [4.69, 9.17) is 0 Å². The number of hydrogen-bond donors (Lipinski definition) is 1. The molecule has 2 heterocycles. The number of ketones is 1. The Kier molecular flexibility index (Phi) is 3.76. The first-order valence-electron chi connectivity index (χ1n) is 7.01. The predicted molar refractivity (Wildman–Crippen MR) is 95.8 cm³/mol. The van der Waals surface area contributed by atoms with Gasteiger partial charge in [-0.3, -0.25) is 4.79 Å². The van der Waals surface area contributed by atoms with Crippen molar-refractivity contribution in [3.8, 4) is 11.3 Å². The first-order valence-corrected chi connectivity index (χ1v) is 8.09. The fourth-order valence-electron chi connectivity index (χ4n) is 2.23. The number of nitrogens with one attached hydrogen (secondary N) is 1. The summed E-state index contributed by atoms with van der Waals surface area (Å²) in [5, 5.41) is 0. The van der Waals surface area contributed by atoms with Crippen LogP contribution in [-0.2, 0) is 0 Å². The van der Waals surface area contributed by atoms with E-state index in [1.165, 1.54) is 3.57 Å². The zero-order chi connectivity index (χ0) is 15.9. The van der Waals surface area contributed by atoms with E-state index in [-0.39, 0.29) is 5.78 Å². The molecule has 0 aliphatic heterocycles. The summed E-state index contributed by atoms with van der Waals surface area (Å²) in [4.78, 5) is 24.6. The highest BCUT2D eigenvalue weighted by Crippen LogP contribution is 2.27. The van der Waals surface area contributed by atoms with Gasteiger partial charge in [0, 0.05) is 20.7 Å². The second-order valence-corrected chi connectivity index (χ2v) is 7.49. The van der Waals surface area contributed by atoms with Crippen LogP contribution >= 0.6 is 22.6 Å². The summed E-state index contributed by atoms with van der Waals surface area (Å²) in [7, 11) is 0. The average Bonchev–Trinajstić information content (AvgIpc) is 2.89. The standard InChI is InChI=1S/C17H16IN3O/c1-17(2,3)15(22)12-8-19-16-14(12)21-13(9-20-16)10-4-6-11(18)7-5-10/h4-9H,1-3H3,(H,19,20). The molecule has 0 radical (unpaired) electrons. The minimum Gasteiger partial charge on any atom is -0.344 e. The molecule has 5 heteroatoms.